The summed E-state index contributed by atoms with van der Waals surface area (Å²) in [5, 5.41) is 0.955. The first-order valence-electron chi connectivity index (χ1n) is 11.5. The van der Waals surface area contributed by atoms with Crippen molar-refractivity contribution in [2.45, 2.75) is 25.7 Å². The highest BCUT2D eigenvalue weighted by Crippen LogP contribution is 2.27. The van der Waals surface area contributed by atoms with E-state index in [9.17, 15) is 9.59 Å². The van der Waals surface area contributed by atoms with Crippen molar-refractivity contribution in [3.63, 3.8) is 0 Å². The maximum Gasteiger partial charge on any atom is 0.257 e. The van der Waals surface area contributed by atoms with Gasteiger partial charge >= 0.3 is 0 Å². The minimum Gasteiger partial charge on any atom is -0.378 e. The maximum absolute atomic E-state index is 13.4. The van der Waals surface area contributed by atoms with Crippen LogP contribution < -0.4 is 0 Å². The number of carbonyl (C=O) groups is 2. The Bertz CT molecular complexity index is 1190. The molecule has 0 unspecified atom stereocenters. The van der Waals surface area contributed by atoms with Crippen molar-refractivity contribution < 1.29 is 14.3 Å². The third-order valence-electron chi connectivity index (χ3n) is 6.46. The molecule has 2 aliphatic rings. The molecule has 2 saturated heterocycles. The highest BCUT2D eigenvalue weighted by Gasteiger charge is 2.29. The molecule has 0 radical (unpaired) electrons. The lowest BCUT2D eigenvalue weighted by Gasteiger charge is -2.32. The summed E-state index contributed by atoms with van der Waals surface area (Å²) in [4.78, 5) is 43.5. The van der Waals surface area contributed by atoms with Crippen LogP contribution in [0.25, 0.3) is 10.9 Å². The third kappa shape index (κ3) is 4.30. The van der Waals surface area contributed by atoms with E-state index in [1.807, 2.05) is 42.2 Å². The number of carbonyl (C=O) groups excluding carboxylic acids is 2. The van der Waals surface area contributed by atoms with E-state index in [-0.39, 0.29) is 17.7 Å². The molecule has 2 fully saturated rings. The number of morpholine rings is 1. The van der Waals surface area contributed by atoms with E-state index in [1.54, 1.807) is 17.3 Å². The van der Waals surface area contributed by atoms with Gasteiger partial charge in [-0.1, -0.05) is 18.2 Å². The molecule has 0 aliphatic carbocycles. The summed E-state index contributed by atoms with van der Waals surface area (Å²) in [6, 6.07) is 9.55. The molecule has 2 aromatic heterocycles. The molecule has 4 heterocycles. The van der Waals surface area contributed by atoms with E-state index in [1.165, 1.54) is 0 Å². The standard InChI is InChI=1S/C25H27N5O3/c1-17-21(25(32)29-11-13-33-14-12-29)15-27-23(28-17)19-7-4-10-30(16-19)24(31)20-8-2-5-18-6-3-9-26-22(18)20/h2-3,5-6,8-9,15,19H,4,7,10-14,16H2,1H3/t19-/m0/s1. The second-order valence-corrected chi connectivity index (χ2v) is 8.60. The average Bonchev–Trinajstić information content (AvgIpc) is 2.88. The minimum atomic E-state index is -0.0498. The molecule has 5 rings (SSSR count). The number of pyridine rings is 1. The zero-order valence-corrected chi connectivity index (χ0v) is 18.7. The van der Waals surface area contributed by atoms with Gasteiger partial charge in [0.2, 0.25) is 0 Å². The van der Waals surface area contributed by atoms with Crippen LogP contribution in [0, 0.1) is 6.92 Å². The Kier molecular flexibility index (Phi) is 6.00. The topological polar surface area (TPSA) is 88.5 Å². The van der Waals surface area contributed by atoms with Crippen LogP contribution in [0.5, 0.6) is 0 Å². The van der Waals surface area contributed by atoms with Crippen LogP contribution in [0.15, 0.2) is 42.7 Å². The molecule has 8 nitrogen and oxygen atoms in total. The van der Waals surface area contributed by atoms with Crippen LogP contribution in [-0.2, 0) is 4.74 Å². The van der Waals surface area contributed by atoms with E-state index >= 15 is 0 Å². The van der Waals surface area contributed by atoms with Crippen LogP contribution in [0.2, 0.25) is 0 Å². The van der Waals surface area contributed by atoms with Crippen molar-refractivity contribution in [3.05, 3.63) is 65.4 Å². The Balaban J connectivity index is 1.34. The normalized spacial score (nSPS) is 19.0. The van der Waals surface area contributed by atoms with Gasteiger partial charge in [0.1, 0.15) is 5.82 Å². The molecule has 0 saturated carbocycles. The molecule has 8 heteroatoms. The number of piperidine rings is 1. The number of para-hydroxylation sites is 1. The van der Waals surface area contributed by atoms with Gasteiger partial charge in [0.15, 0.2) is 0 Å². The van der Waals surface area contributed by atoms with Gasteiger partial charge in [-0.25, -0.2) is 9.97 Å². The number of hydrogen-bond acceptors (Lipinski definition) is 6. The van der Waals surface area contributed by atoms with Crippen molar-refractivity contribution in [2.24, 2.45) is 0 Å². The van der Waals surface area contributed by atoms with Crippen LogP contribution in [-0.4, -0.2) is 76.0 Å². The predicted octanol–water partition coefficient (Wildman–Crippen LogP) is 2.83. The van der Waals surface area contributed by atoms with Crippen molar-refractivity contribution in [2.75, 3.05) is 39.4 Å². The number of likely N-dealkylation sites (tertiary alicyclic amines) is 1. The quantitative estimate of drug-likeness (QED) is 0.616. The van der Waals surface area contributed by atoms with E-state index in [0.29, 0.717) is 62.0 Å². The predicted molar refractivity (Wildman–Crippen MR) is 123 cm³/mol. The van der Waals surface area contributed by atoms with E-state index in [2.05, 4.69) is 15.0 Å². The molecule has 1 atom stereocenters. The van der Waals surface area contributed by atoms with E-state index in [0.717, 1.165) is 23.7 Å². The van der Waals surface area contributed by atoms with Gasteiger partial charge in [0.25, 0.3) is 11.8 Å². The lowest BCUT2D eigenvalue weighted by Crippen LogP contribution is -2.41. The maximum atomic E-state index is 13.4. The number of aromatic nitrogens is 3. The summed E-state index contributed by atoms with van der Waals surface area (Å²) in [7, 11) is 0. The summed E-state index contributed by atoms with van der Waals surface area (Å²) < 4.78 is 5.34. The molecule has 3 aromatic rings. The van der Waals surface area contributed by atoms with Gasteiger partial charge in [-0.3, -0.25) is 14.6 Å². The Labute approximate surface area is 192 Å². The van der Waals surface area contributed by atoms with Gasteiger partial charge in [-0.15, -0.1) is 0 Å². The van der Waals surface area contributed by atoms with Gasteiger partial charge in [-0.05, 0) is 31.9 Å². The molecular weight excluding hydrogens is 418 g/mol. The van der Waals surface area contributed by atoms with Crippen molar-refractivity contribution in [1.29, 1.82) is 0 Å². The first-order valence-corrected chi connectivity index (χ1v) is 11.5. The fourth-order valence-corrected chi connectivity index (χ4v) is 4.65. The largest absolute Gasteiger partial charge is 0.378 e. The molecule has 170 valence electrons. The number of aryl methyl sites for hydroxylation is 1. The zero-order chi connectivity index (χ0) is 22.8. The minimum absolute atomic E-state index is 0.0140. The number of nitrogens with zero attached hydrogens (tertiary/aromatic N) is 5. The van der Waals surface area contributed by atoms with Gasteiger partial charge in [0.05, 0.1) is 35.6 Å². The number of ether oxygens (including phenoxy) is 1. The number of rotatable bonds is 3. The molecule has 0 spiro atoms. The molecular formula is C25H27N5O3. The van der Waals surface area contributed by atoms with Crippen molar-refractivity contribution >= 4 is 22.7 Å². The van der Waals surface area contributed by atoms with Gasteiger partial charge in [0, 0.05) is 49.9 Å². The van der Waals surface area contributed by atoms with Gasteiger partial charge in [-0.2, -0.15) is 0 Å². The van der Waals surface area contributed by atoms with E-state index in [4.69, 9.17) is 4.74 Å². The second-order valence-electron chi connectivity index (χ2n) is 8.60. The molecule has 0 bridgehead atoms. The summed E-state index contributed by atoms with van der Waals surface area (Å²) in [6.45, 7) is 5.39. The van der Waals surface area contributed by atoms with Crippen molar-refractivity contribution in [3.8, 4) is 0 Å². The Morgan fingerprint density at radius 1 is 0.970 bits per heavy atom. The Morgan fingerprint density at radius 2 is 1.76 bits per heavy atom. The van der Waals surface area contributed by atoms with Crippen molar-refractivity contribution in [1.82, 2.24) is 24.8 Å². The highest BCUT2D eigenvalue weighted by molar-refractivity contribution is 6.05. The fourth-order valence-electron chi connectivity index (χ4n) is 4.65. The Morgan fingerprint density at radius 3 is 2.58 bits per heavy atom. The smallest absolute Gasteiger partial charge is 0.257 e. The lowest BCUT2D eigenvalue weighted by molar-refractivity contribution is 0.0301. The number of fused-ring (bicyclic) bond motifs is 1. The summed E-state index contributed by atoms with van der Waals surface area (Å²) in [5.41, 5.74) is 2.56. The fraction of sp³-hybridized carbons (Fsp3) is 0.400. The van der Waals surface area contributed by atoms with E-state index < -0.39 is 0 Å². The second kappa shape index (κ2) is 9.23. The zero-order valence-electron chi connectivity index (χ0n) is 18.7. The number of amides is 2. The molecule has 2 aliphatic heterocycles. The van der Waals surface area contributed by atoms with Crippen LogP contribution in [0.1, 0.15) is 51.0 Å². The molecule has 1 aromatic carbocycles. The monoisotopic (exact) mass is 445 g/mol. The lowest BCUT2D eigenvalue weighted by atomic mass is 9.96. The van der Waals surface area contributed by atoms with Crippen LogP contribution in [0.3, 0.4) is 0 Å². The molecule has 2 amide bonds. The average molecular weight is 446 g/mol. The first-order chi connectivity index (χ1) is 16.1. The number of hydrogen-bond donors (Lipinski definition) is 0. The summed E-state index contributed by atoms with van der Waals surface area (Å²) in [6.07, 6.45) is 5.15. The summed E-state index contributed by atoms with van der Waals surface area (Å²) in [5.74, 6) is 0.669. The molecule has 33 heavy (non-hydrogen) atoms. The van der Waals surface area contributed by atoms with Crippen LogP contribution >= 0.6 is 0 Å². The Hall–Kier alpha value is -3.39. The molecule has 0 N–H and O–H groups in total. The first kappa shape index (κ1) is 21.5. The third-order valence-corrected chi connectivity index (χ3v) is 6.46. The number of benzene rings is 1. The summed E-state index contributed by atoms with van der Waals surface area (Å²) >= 11 is 0. The van der Waals surface area contributed by atoms with Gasteiger partial charge < -0.3 is 14.5 Å². The van der Waals surface area contributed by atoms with Crippen LogP contribution in [0.4, 0.5) is 0 Å². The SMILES string of the molecule is Cc1nc([C@H]2CCCN(C(=O)c3cccc4cccnc34)C2)ncc1C(=O)N1CCOCC1. The highest BCUT2D eigenvalue weighted by atomic mass is 16.5.